The van der Waals surface area contributed by atoms with Crippen molar-refractivity contribution in [2.45, 2.75) is 39.5 Å². The summed E-state index contributed by atoms with van der Waals surface area (Å²) in [6.45, 7) is 4.38. The zero-order chi connectivity index (χ0) is 20.6. The van der Waals surface area contributed by atoms with Gasteiger partial charge in [-0.3, -0.25) is 5.41 Å². The van der Waals surface area contributed by atoms with Crippen LogP contribution in [0.3, 0.4) is 0 Å². The fraction of sp³-hybridized carbons (Fsp3) is 0.292. The smallest absolute Gasteiger partial charge is 0.190 e. The Morgan fingerprint density at radius 1 is 1.00 bits per heavy atom. The van der Waals surface area contributed by atoms with Crippen molar-refractivity contribution in [3.63, 3.8) is 0 Å². The minimum atomic E-state index is -0.0697. The largest absolute Gasteiger partial charge is 0.370 e. The third-order valence-electron chi connectivity index (χ3n) is 4.62. The molecule has 0 saturated heterocycles. The molecule has 0 aliphatic carbocycles. The Labute approximate surface area is 172 Å². The topological polar surface area (TPSA) is 87.7 Å². The molecule has 0 aliphatic rings. The van der Waals surface area contributed by atoms with Crippen LogP contribution in [0.4, 0.5) is 5.69 Å². The van der Waals surface area contributed by atoms with Gasteiger partial charge in [-0.15, -0.1) is 0 Å². The summed E-state index contributed by atoms with van der Waals surface area (Å²) in [6, 6.07) is 20.5. The molecule has 5 heteroatoms. The van der Waals surface area contributed by atoms with Gasteiger partial charge in [-0.2, -0.15) is 0 Å². The SMILES string of the molecule is CC(C)Cc1nc(CCCc2ccccc2)cc(-c2ccc(NC(=N)N)cc2)n1. The lowest BCUT2D eigenvalue weighted by atomic mass is 10.0. The highest BCUT2D eigenvalue weighted by Crippen LogP contribution is 2.22. The highest BCUT2D eigenvalue weighted by molar-refractivity contribution is 5.89. The number of guanidine groups is 1. The molecule has 0 unspecified atom stereocenters. The maximum absolute atomic E-state index is 7.34. The molecule has 5 nitrogen and oxygen atoms in total. The number of rotatable bonds is 8. The predicted octanol–water partition coefficient (Wildman–Crippen LogP) is 4.82. The highest BCUT2D eigenvalue weighted by atomic mass is 15.0. The second-order valence-electron chi connectivity index (χ2n) is 7.71. The van der Waals surface area contributed by atoms with E-state index < -0.39 is 0 Å². The standard InChI is InChI=1S/C24H29N5/c1-17(2)15-23-27-21(10-6-9-18-7-4-3-5-8-18)16-22(29-23)19-11-13-20(14-12-19)28-24(25)26/h3-5,7-8,11-14,16-17H,6,9-10,15H2,1-2H3,(H4,25,26,28). The van der Waals surface area contributed by atoms with Gasteiger partial charge in [0.05, 0.1) is 5.69 Å². The molecule has 0 aliphatic heterocycles. The van der Waals surface area contributed by atoms with Gasteiger partial charge in [0.2, 0.25) is 0 Å². The predicted molar refractivity (Wildman–Crippen MR) is 120 cm³/mol. The molecule has 0 saturated carbocycles. The maximum Gasteiger partial charge on any atom is 0.190 e. The summed E-state index contributed by atoms with van der Waals surface area (Å²) < 4.78 is 0. The molecule has 2 aromatic carbocycles. The molecule has 150 valence electrons. The molecule has 0 spiro atoms. The molecule has 0 bridgehead atoms. The Bertz CT molecular complexity index is 933. The number of hydrogen-bond donors (Lipinski definition) is 3. The number of aryl methyl sites for hydroxylation is 2. The second-order valence-corrected chi connectivity index (χ2v) is 7.71. The van der Waals surface area contributed by atoms with Gasteiger partial charge in [-0.05, 0) is 48.9 Å². The van der Waals surface area contributed by atoms with Crippen LogP contribution in [0.15, 0.2) is 60.7 Å². The molecule has 0 atom stereocenters. The number of nitrogens with one attached hydrogen (secondary N) is 2. The van der Waals surface area contributed by atoms with Gasteiger partial charge >= 0.3 is 0 Å². The third-order valence-corrected chi connectivity index (χ3v) is 4.62. The Balaban J connectivity index is 1.78. The van der Waals surface area contributed by atoms with Gasteiger partial charge in [0, 0.05) is 23.4 Å². The van der Waals surface area contributed by atoms with Gasteiger partial charge in [0.1, 0.15) is 5.82 Å². The van der Waals surface area contributed by atoms with E-state index >= 15 is 0 Å². The number of hydrogen-bond acceptors (Lipinski definition) is 3. The minimum Gasteiger partial charge on any atom is -0.370 e. The lowest BCUT2D eigenvalue weighted by Crippen LogP contribution is -2.20. The van der Waals surface area contributed by atoms with E-state index in [9.17, 15) is 0 Å². The Morgan fingerprint density at radius 3 is 2.38 bits per heavy atom. The van der Waals surface area contributed by atoms with Crippen molar-refractivity contribution in [3.8, 4) is 11.3 Å². The van der Waals surface area contributed by atoms with Gasteiger partial charge in [0.25, 0.3) is 0 Å². The van der Waals surface area contributed by atoms with Crippen LogP contribution in [0.5, 0.6) is 0 Å². The molecule has 29 heavy (non-hydrogen) atoms. The van der Waals surface area contributed by atoms with E-state index in [4.69, 9.17) is 21.1 Å². The zero-order valence-electron chi connectivity index (χ0n) is 17.2. The van der Waals surface area contributed by atoms with Crippen LogP contribution in [0.1, 0.15) is 37.4 Å². The molecule has 1 heterocycles. The van der Waals surface area contributed by atoms with Gasteiger partial charge in [-0.1, -0.05) is 56.3 Å². The molecule has 0 radical (unpaired) electrons. The Morgan fingerprint density at radius 2 is 1.72 bits per heavy atom. The van der Waals surface area contributed by atoms with Crippen molar-refractivity contribution in [3.05, 3.63) is 77.7 Å². The van der Waals surface area contributed by atoms with Crippen LogP contribution in [-0.2, 0) is 19.3 Å². The second kappa shape index (κ2) is 9.82. The van der Waals surface area contributed by atoms with Gasteiger partial charge < -0.3 is 11.1 Å². The summed E-state index contributed by atoms with van der Waals surface area (Å²) >= 11 is 0. The first-order valence-electron chi connectivity index (χ1n) is 10.1. The monoisotopic (exact) mass is 387 g/mol. The van der Waals surface area contributed by atoms with E-state index in [1.165, 1.54) is 5.56 Å². The van der Waals surface area contributed by atoms with Crippen LogP contribution in [0.25, 0.3) is 11.3 Å². The van der Waals surface area contributed by atoms with E-state index in [1.54, 1.807) is 0 Å². The molecule has 1 aromatic heterocycles. The van der Waals surface area contributed by atoms with Crippen molar-refractivity contribution in [1.29, 1.82) is 5.41 Å². The number of nitrogens with two attached hydrogens (primary N) is 1. The number of anilines is 1. The number of nitrogens with zero attached hydrogens (tertiary/aromatic N) is 2. The van der Waals surface area contributed by atoms with Crippen molar-refractivity contribution in [2.75, 3.05) is 5.32 Å². The normalized spacial score (nSPS) is 10.9. The van der Waals surface area contributed by atoms with Gasteiger partial charge in [-0.25, -0.2) is 9.97 Å². The first kappa shape index (κ1) is 20.5. The summed E-state index contributed by atoms with van der Waals surface area (Å²) in [7, 11) is 0. The quantitative estimate of drug-likeness (QED) is 0.382. The van der Waals surface area contributed by atoms with Crippen LogP contribution in [-0.4, -0.2) is 15.9 Å². The zero-order valence-corrected chi connectivity index (χ0v) is 17.2. The lowest BCUT2D eigenvalue weighted by molar-refractivity contribution is 0.616. The average Bonchev–Trinajstić information content (AvgIpc) is 2.68. The summed E-state index contributed by atoms with van der Waals surface area (Å²) in [6.07, 6.45) is 3.90. The Hall–Kier alpha value is -3.21. The molecular formula is C24H29N5. The third kappa shape index (κ3) is 6.42. The van der Waals surface area contributed by atoms with Crippen LogP contribution < -0.4 is 11.1 Å². The minimum absolute atomic E-state index is 0.0697. The highest BCUT2D eigenvalue weighted by Gasteiger charge is 2.09. The first-order valence-corrected chi connectivity index (χ1v) is 10.1. The summed E-state index contributed by atoms with van der Waals surface area (Å²) in [4.78, 5) is 9.62. The van der Waals surface area contributed by atoms with Crippen molar-refractivity contribution < 1.29 is 0 Å². The molecule has 4 N–H and O–H groups in total. The van der Waals surface area contributed by atoms with E-state index in [0.717, 1.165) is 54.1 Å². The lowest BCUT2D eigenvalue weighted by Gasteiger charge is -2.11. The molecule has 3 rings (SSSR count). The molecule has 3 aromatic rings. The number of aromatic nitrogens is 2. The van der Waals surface area contributed by atoms with E-state index in [0.29, 0.717) is 5.92 Å². The molecule has 0 fully saturated rings. The van der Waals surface area contributed by atoms with Crippen molar-refractivity contribution in [2.24, 2.45) is 11.7 Å². The van der Waals surface area contributed by atoms with Crippen molar-refractivity contribution in [1.82, 2.24) is 9.97 Å². The fourth-order valence-corrected chi connectivity index (χ4v) is 3.28. The Kier molecular flexibility index (Phi) is 6.95. The first-order chi connectivity index (χ1) is 14.0. The maximum atomic E-state index is 7.34. The average molecular weight is 388 g/mol. The van der Waals surface area contributed by atoms with Gasteiger partial charge in [0.15, 0.2) is 5.96 Å². The molecular weight excluding hydrogens is 358 g/mol. The fourth-order valence-electron chi connectivity index (χ4n) is 3.28. The summed E-state index contributed by atoms with van der Waals surface area (Å²) in [5.41, 5.74) is 10.6. The van der Waals surface area contributed by atoms with Crippen molar-refractivity contribution >= 4 is 11.6 Å². The molecule has 0 amide bonds. The van der Waals surface area contributed by atoms with Crippen LogP contribution >= 0.6 is 0 Å². The van der Waals surface area contributed by atoms with E-state index in [2.05, 4.69) is 55.6 Å². The summed E-state index contributed by atoms with van der Waals surface area (Å²) in [5.74, 6) is 1.34. The van der Waals surface area contributed by atoms with E-state index in [1.807, 2.05) is 24.3 Å². The number of benzene rings is 2. The van der Waals surface area contributed by atoms with E-state index in [-0.39, 0.29) is 5.96 Å². The van der Waals surface area contributed by atoms with Crippen LogP contribution in [0.2, 0.25) is 0 Å². The van der Waals surface area contributed by atoms with Crippen LogP contribution in [0, 0.1) is 11.3 Å². The summed E-state index contributed by atoms with van der Waals surface area (Å²) in [5, 5.41) is 10.1.